The highest BCUT2D eigenvalue weighted by molar-refractivity contribution is 5.96. The van der Waals surface area contributed by atoms with E-state index in [-0.39, 0.29) is 30.8 Å². The predicted octanol–water partition coefficient (Wildman–Crippen LogP) is 2.85. The molecule has 1 aliphatic carbocycles. The maximum Gasteiger partial charge on any atom is 0.407 e. The van der Waals surface area contributed by atoms with E-state index in [1.165, 1.54) is 11.3 Å². The number of likely N-dealkylation sites (tertiary alicyclic amines) is 1. The molecule has 0 aromatic heterocycles. The third-order valence-electron chi connectivity index (χ3n) is 5.16. The molecule has 6 heteroatoms. The average Bonchev–Trinajstić information content (AvgIpc) is 2.55. The van der Waals surface area contributed by atoms with E-state index in [0.717, 1.165) is 25.7 Å². The Labute approximate surface area is 137 Å². The van der Waals surface area contributed by atoms with Gasteiger partial charge in [-0.05, 0) is 38.5 Å². The summed E-state index contributed by atoms with van der Waals surface area (Å²) in [7, 11) is 0. The molecule has 1 saturated heterocycles. The van der Waals surface area contributed by atoms with Crippen molar-refractivity contribution >= 4 is 17.8 Å². The molecule has 2 atom stereocenters. The number of carbonyl (C=O) groups is 3. The molecule has 1 saturated carbocycles. The molecule has 2 unspecified atom stereocenters. The molecule has 2 aliphatic rings. The molecule has 1 amide bonds. The number of hydrogen-bond donors (Lipinski definition) is 1. The molecule has 0 radical (unpaired) electrons. The lowest BCUT2D eigenvalue weighted by Gasteiger charge is -2.42. The maximum absolute atomic E-state index is 12.3. The second-order valence-electron chi connectivity index (χ2n) is 6.61. The first-order valence-corrected chi connectivity index (χ1v) is 8.70. The van der Waals surface area contributed by atoms with E-state index in [4.69, 9.17) is 4.74 Å². The Balaban J connectivity index is 2.00. The fourth-order valence-corrected chi connectivity index (χ4v) is 3.99. The molecule has 130 valence electrons. The zero-order valence-electron chi connectivity index (χ0n) is 13.8. The third kappa shape index (κ3) is 4.69. The number of carboxylic acid groups (broad SMARTS) is 1. The normalized spacial score (nSPS) is 25.9. The van der Waals surface area contributed by atoms with Crippen molar-refractivity contribution < 1.29 is 24.2 Å². The Morgan fingerprint density at radius 2 is 1.83 bits per heavy atom. The predicted molar refractivity (Wildman–Crippen MR) is 84.1 cm³/mol. The van der Waals surface area contributed by atoms with Crippen molar-refractivity contribution in [2.75, 3.05) is 13.2 Å². The number of piperidine rings is 1. The highest BCUT2D eigenvalue weighted by Gasteiger charge is 2.39. The summed E-state index contributed by atoms with van der Waals surface area (Å²) in [6.07, 6.45) is 5.52. The van der Waals surface area contributed by atoms with Crippen molar-refractivity contribution in [2.24, 2.45) is 11.8 Å². The fraction of sp³-hybridized carbons (Fsp3) is 0.824. The maximum atomic E-state index is 12.3. The molecule has 0 aromatic carbocycles. The number of ketones is 1. The van der Waals surface area contributed by atoms with Gasteiger partial charge in [-0.2, -0.15) is 0 Å². The standard InChI is InChI=1S/C17H27NO5/c1-2-23-16(20)11-15(19)13-8-9-18(17(21)22)14(10-13)12-6-4-3-5-7-12/h12-14H,2-11H2,1H3,(H,21,22). The van der Waals surface area contributed by atoms with Gasteiger partial charge < -0.3 is 14.7 Å². The fourth-order valence-electron chi connectivity index (χ4n) is 3.99. The van der Waals surface area contributed by atoms with Crippen molar-refractivity contribution in [2.45, 2.75) is 64.3 Å². The smallest absolute Gasteiger partial charge is 0.407 e. The molecule has 0 aromatic rings. The van der Waals surface area contributed by atoms with E-state index >= 15 is 0 Å². The lowest BCUT2D eigenvalue weighted by atomic mass is 9.76. The average molecular weight is 325 g/mol. The molecule has 1 aliphatic heterocycles. The Morgan fingerprint density at radius 3 is 2.43 bits per heavy atom. The summed E-state index contributed by atoms with van der Waals surface area (Å²) in [6.45, 7) is 2.37. The molecular formula is C17H27NO5. The van der Waals surface area contributed by atoms with Gasteiger partial charge in [-0.25, -0.2) is 4.79 Å². The number of amides is 1. The van der Waals surface area contributed by atoms with E-state index in [9.17, 15) is 19.5 Å². The number of Topliss-reactive ketones (excluding diaryl/α,β-unsaturated/α-hetero) is 1. The Morgan fingerprint density at radius 1 is 1.13 bits per heavy atom. The molecule has 1 N–H and O–H groups in total. The van der Waals surface area contributed by atoms with Gasteiger partial charge in [-0.15, -0.1) is 0 Å². The lowest BCUT2D eigenvalue weighted by molar-refractivity contribution is -0.146. The number of hydrogen-bond acceptors (Lipinski definition) is 4. The van der Waals surface area contributed by atoms with E-state index in [1.54, 1.807) is 6.92 Å². The molecule has 0 bridgehead atoms. The van der Waals surface area contributed by atoms with Gasteiger partial charge in [-0.3, -0.25) is 9.59 Å². The van der Waals surface area contributed by atoms with Crippen molar-refractivity contribution in [3.8, 4) is 0 Å². The van der Waals surface area contributed by atoms with E-state index < -0.39 is 12.1 Å². The van der Waals surface area contributed by atoms with Crippen LogP contribution in [0.2, 0.25) is 0 Å². The second kappa shape index (κ2) is 8.31. The first kappa shape index (κ1) is 17.8. The Kier molecular flexibility index (Phi) is 6.42. The number of ether oxygens (including phenoxy) is 1. The van der Waals surface area contributed by atoms with Crippen LogP contribution >= 0.6 is 0 Å². The van der Waals surface area contributed by atoms with Gasteiger partial charge >= 0.3 is 12.1 Å². The van der Waals surface area contributed by atoms with Crippen LogP contribution in [0.15, 0.2) is 0 Å². The Hall–Kier alpha value is -1.59. The first-order chi connectivity index (χ1) is 11.0. The van der Waals surface area contributed by atoms with Crippen molar-refractivity contribution in [1.29, 1.82) is 0 Å². The van der Waals surface area contributed by atoms with Crippen LogP contribution in [0.4, 0.5) is 4.79 Å². The lowest BCUT2D eigenvalue weighted by Crippen LogP contribution is -2.50. The quantitative estimate of drug-likeness (QED) is 0.620. The molecular weight excluding hydrogens is 298 g/mol. The molecule has 2 fully saturated rings. The monoisotopic (exact) mass is 325 g/mol. The summed E-state index contributed by atoms with van der Waals surface area (Å²) in [4.78, 5) is 36.9. The SMILES string of the molecule is CCOC(=O)CC(=O)C1CCN(C(=O)O)C(C2CCCCC2)C1. The van der Waals surface area contributed by atoms with Crippen LogP contribution in [-0.2, 0) is 14.3 Å². The van der Waals surface area contributed by atoms with Crippen molar-refractivity contribution in [1.82, 2.24) is 4.90 Å². The first-order valence-electron chi connectivity index (χ1n) is 8.70. The van der Waals surface area contributed by atoms with Crippen LogP contribution in [0.25, 0.3) is 0 Å². The number of rotatable bonds is 5. The van der Waals surface area contributed by atoms with Crippen LogP contribution in [0.3, 0.4) is 0 Å². The third-order valence-corrected chi connectivity index (χ3v) is 5.16. The highest BCUT2D eigenvalue weighted by atomic mass is 16.5. The molecule has 23 heavy (non-hydrogen) atoms. The topological polar surface area (TPSA) is 83.9 Å². The largest absolute Gasteiger partial charge is 0.466 e. The van der Waals surface area contributed by atoms with Gasteiger partial charge in [0.05, 0.1) is 6.61 Å². The molecule has 0 spiro atoms. The summed E-state index contributed by atoms with van der Waals surface area (Å²) in [5, 5.41) is 9.45. The minimum absolute atomic E-state index is 0.0855. The summed E-state index contributed by atoms with van der Waals surface area (Å²) >= 11 is 0. The summed E-state index contributed by atoms with van der Waals surface area (Å²) in [5.74, 6) is -0.457. The summed E-state index contributed by atoms with van der Waals surface area (Å²) in [5.41, 5.74) is 0. The van der Waals surface area contributed by atoms with E-state index in [0.29, 0.717) is 25.3 Å². The van der Waals surface area contributed by atoms with E-state index in [2.05, 4.69) is 0 Å². The number of nitrogens with zero attached hydrogens (tertiary/aromatic N) is 1. The molecule has 6 nitrogen and oxygen atoms in total. The van der Waals surface area contributed by atoms with Gasteiger partial charge in [0, 0.05) is 18.5 Å². The number of esters is 1. The molecule has 2 rings (SSSR count). The number of carbonyl (C=O) groups excluding carboxylic acids is 2. The van der Waals surface area contributed by atoms with Gasteiger partial charge in [0.25, 0.3) is 0 Å². The van der Waals surface area contributed by atoms with E-state index in [1.807, 2.05) is 0 Å². The second-order valence-corrected chi connectivity index (χ2v) is 6.61. The van der Waals surface area contributed by atoms with Crippen LogP contribution < -0.4 is 0 Å². The minimum Gasteiger partial charge on any atom is -0.466 e. The van der Waals surface area contributed by atoms with Crippen molar-refractivity contribution in [3.63, 3.8) is 0 Å². The van der Waals surface area contributed by atoms with Gasteiger partial charge in [-0.1, -0.05) is 19.3 Å². The van der Waals surface area contributed by atoms with Gasteiger partial charge in [0.15, 0.2) is 0 Å². The van der Waals surface area contributed by atoms with Crippen LogP contribution in [0.5, 0.6) is 0 Å². The zero-order chi connectivity index (χ0) is 16.8. The van der Waals surface area contributed by atoms with Crippen LogP contribution in [0, 0.1) is 11.8 Å². The molecule has 1 heterocycles. The van der Waals surface area contributed by atoms with Crippen molar-refractivity contribution in [3.05, 3.63) is 0 Å². The highest BCUT2D eigenvalue weighted by Crippen LogP contribution is 2.36. The summed E-state index contributed by atoms with van der Waals surface area (Å²) in [6, 6.07) is -0.0855. The van der Waals surface area contributed by atoms with Gasteiger partial charge in [0.1, 0.15) is 12.2 Å². The van der Waals surface area contributed by atoms with Gasteiger partial charge in [0.2, 0.25) is 0 Å². The Bertz CT molecular complexity index is 444. The van der Waals surface area contributed by atoms with Crippen LogP contribution in [-0.4, -0.2) is 47.0 Å². The summed E-state index contributed by atoms with van der Waals surface area (Å²) < 4.78 is 4.84. The minimum atomic E-state index is -0.892. The van der Waals surface area contributed by atoms with Crippen LogP contribution in [0.1, 0.15) is 58.3 Å². The zero-order valence-corrected chi connectivity index (χ0v) is 13.8.